The lowest BCUT2D eigenvalue weighted by molar-refractivity contribution is -0.149. The van der Waals surface area contributed by atoms with Crippen LogP contribution in [0.5, 0.6) is 0 Å². The van der Waals surface area contributed by atoms with Crippen LogP contribution in [0, 0.1) is 5.92 Å². The first-order valence-electron chi connectivity index (χ1n) is 8.92. The third-order valence-electron chi connectivity index (χ3n) is 4.41. The monoisotopic (exact) mass is 370 g/mol. The molecule has 0 aliphatic carbocycles. The normalized spacial score (nSPS) is 25.7. The van der Waals surface area contributed by atoms with Gasteiger partial charge in [-0.2, -0.15) is 0 Å². The Balaban J connectivity index is 2.01. The summed E-state index contributed by atoms with van der Waals surface area (Å²) in [4.78, 5) is 49.3. The van der Waals surface area contributed by atoms with E-state index in [4.69, 9.17) is 9.47 Å². The number of likely N-dealkylation sites (tertiary alicyclic amines) is 1. The van der Waals surface area contributed by atoms with Crippen LogP contribution in [0.15, 0.2) is 0 Å². The predicted molar refractivity (Wildman–Crippen MR) is 89.1 cm³/mol. The van der Waals surface area contributed by atoms with E-state index in [-0.39, 0.29) is 12.5 Å². The van der Waals surface area contributed by atoms with Crippen LogP contribution in [0.3, 0.4) is 0 Å². The highest BCUT2D eigenvalue weighted by Gasteiger charge is 2.52. The van der Waals surface area contributed by atoms with Crippen LogP contribution in [-0.4, -0.2) is 71.2 Å². The summed E-state index contributed by atoms with van der Waals surface area (Å²) >= 11 is 0. The molecule has 0 unspecified atom stereocenters. The predicted octanol–water partition coefficient (Wildman–Crippen LogP) is -0.0766. The number of nitrogens with zero attached hydrogens (tertiary/aromatic N) is 1. The van der Waals surface area contributed by atoms with Crippen molar-refractivity contribution in [2.24, 2.45) is 5.92 Å². The molecule has 2 N–H and O–H groups in total. The standard InChI is InChI=1S/C17H26N2O7/c1-4-25-17(24)13-12(26-13)14(20)18-10(8-9(2)3)15(21)19-7-5-6-11(19)16(22)23/h9-13H,4-8H2,1-3H3,(H,18,20)(H,22,23)/t10-,11-,12+,13+/m0/s1. The van der Waals surface area contributed by atoms with Gasteiger partial charge < -0.3 is 24.8 Å². The first kappa shape index (κ1) is 20.2. The van der Waals surface area contributed by atoms with Crippen LogP contribution in [0.25, 0.3) is 0 Å². The SMILES string of the molecule is CCOC(=O)[C@@H]1O[C@H]1C(=O)N[C@@H](CC(C)C)C(=O)N1CCC[C@H]1C(=O)O. The number of nitrogens with one attached hydrogen (secondary N) is 1. The third-order valence-corrected chi connectivity index (χ3v) is 4.41. The van der Waals surface area contributed by atoms with E-state index in [9.17, 15) is 24.3 Å². The van der Waals surface area contributed by atoms with Crippen molar-refractivity contribution in [2.45, 2.75) is 64.3 Å². The Labute approximate surface area is 152 Å². The molecule has 0 aromatic carbocycles. The lowest BCUT2D eigenvalue weighted by Gasteiger charge is -2.28. The van der Waals surface area contributed by atoms with Gasteiger partial charge in [0.2, 0.25) is 5.91 Å². The fourth-order valence-electron chi connectivity index (χ4n) is 3.15. The summed E-state index contributed by atoms with van der Waals surface area (Å²) in [5.74, 6) is -2.52. The molecule has 0 spiro atoms. The van der Waals surface area contributed by atoms with E-state index < -0.39 is 48.0 Å². The second-order valence-electron chi connectivity index (χ2n) is 6.95. The number of amides is 2. The highest BCUT2D eigenvalue weighted by Crippen LogP contribution is 2.25. The minimum absolute atomic E-state index is 0.108. The number of hydrogen-bond donors (Lipinski definition) is 2. The first-order valence-corrected chi connectivity index (χ1v) is 8.92. The number of hydrogen-bond acceptors (Lipinski definition) is 6. The maximum absolute atomic E-state index is 12.8. The second kappa shape index (κ2) is 8.48. The van der Waals surface area contributed by atoms with E-state index in [0.717, 1.165) is 0 Å². The van der Waals surface area contributed by atoms with Crippen molar-refractivity contribution in [1.29, 1.82) is 0 Å². The van der Waals surface area contributed by atoms with E-state index in [2.05, 4.69) is 5.32 Å². The topological polar surface area (TPSA) is 126 Å². The number of carboxylic acid groups (broad SMARTS) is 1. The molecule has 2 amide bonds. The zero-order valence-electron chi connectivity index (χ0n) is 15.3. The molecule has 0 saturated carbocycles. The lowest BCUT2D eigenvalue weighted by atomic mass is 10.0. The summed E-state index contributed by atoms with van der Waals surface area (Å²) in [5, 5.41) is 11.9. The number of ether oxygens (including phenoxy) is 2. The molecule has 2 rings (SSSR count). The van der Waals surface area contributed by atoms with Crippen molar-refractivity contribution in [3.8, 4) is 0 Å². The van der Waals surface area contributed by atoms with Gasteiger partial charge in [0.25, 0.3) is 5.91 Å². The Morgan fingerprint density at radius 1 is 1.27 bits per heavy atom. The molecule has 0 aromatic rings. The highest BCUT2D eigenvalue weighted by molar-refractivity contribution is 5.96. The Morgan fingerprint density at radius 2 is 1.96 bits per heavy atom. The zero-order chi connectivity index (χ0) is 19.4. The van der Waals surface area contributed by atoms with Gasteiger partial charge in [-0.15, -0.1) is 0 Å². The third kappa shape index (κ3) is 4.72. The van der Waals surface area contributed by atoms with Crippen molar-refractivity contribution < 1.29 is 33.8 Å². The van der Waals surface area contributed by atoms with Gasteiger partial charge in [0.1, 0.15) is 12.1 Å². The molecule has 2 fully saturated rings. The molecular formula is C17H26N2O7. The van der Waals surface area contributed by atoms with Crippen LogP contribution in [0.4, 0.5) is 0 Å². The van der Waals surface area contributed by atoms with Gasteiger partial charge in [-0.3, -0.25) is 9.59 Å². The van der Waals surface area contributed by atoms with Crippen LogP contribution >= 0.6 is 0 Å². The number of carboxylic acids is 1. The van der Waals surface area contributed by atoms with Gasteiger partial charge >= 0.3 is 11.9 Å². The Morgan fingerprint density at radius 3 is 2.54 bits per heavy atom. The summed E-state index contributed by atoms with van der Waals surface area (Å²) in [6, 6.07) is -1.71. The van der Waals surface area contributed by atoms with E-state index in [1.54, 1.807) is 6.92 Å². The fraction of sp³-hybridized carbons (Fsp3) is 0.765. The molecule has 2 aliphatic heterocycles. The van der Waals surface area contributed by atoms with Gasteiger partial charge in [0, 0.05) is 6.54 Å². The van der Waals surface area contributed by atoms with Crippen molar-refractivity contribution in [1.82, 2.24) is 10.2 Å². The maximum atomic E-state index is 12.8. The number of carbonyl (C=O) groups excluding carboxylic acids is 3. The number of carbonyl (C=O) groups is 4. The van der Waals surface area contributed by atoms with Gasteiger partial charge in [0.05, 0.1) is 6.61 Å². The van der Waals surface area contributed by atoms with Gasteiger partial charge in [-0.05, 0) is 32.1 Å². The van der Waals surface area contributed by atoms with Crippen LogP contribution in [0.2, 0.25) is 0 Å². The second-order valence-corrected chi connectivity index (χ2v) is 6.95. The average Bonchev–Trinajstić information content (AvgIpc) is 3.21. The minimum Gasteiger partial charge on any atom is -0.480 e. The van der Waals surface area contributed by atoms with E-state index in [1.807, 2.05) is 13.8 Å². The van der Waals surface area contributed by atoms with Crippen LogP contribution in [-0.2, 0) is 28.7 Å². The molecule has 9 heteroatoms. The zero-order valence-corrected chi connectivity index (χ0v) is 15.3. The van der Waals surface area contributed by atoms with Gasteiger partial charge in [-0.25, -0.2) is 9.59 Å². The van der Waals surface area contributed by atoms with Gasteiger partial charge in [0.15, 0.2) is 12.2 Å². The molecule has 9 nitrogen and oxygen atoms in total. The molecule has 0 bridgehead atoms. The molecule has 2 saturated heterocycles. The Kier molecular flexibility index (Phi) is 6.57. The molecule has 2 heterocycles. The maximum Gasteiger partial charge on any atom is 0.338 e. The summed E-state index contributed by atoms with van der Waals surface area (Å²) in [6.07, 6.45) is -0.528. The summed E-state index contributed by atoms with van der Waals surface area (Å²) in [7, 11) is 0. The lowest BCUT2D eigenvalue weighted by Crippen LogP contribution is -2.53. The van der Waals surface area contributed by atoms with Crippen molar-refractivity contribution in [2.75, 3.05) is 13.2 Å². The average molecular weight is 370 g/mol. The first-order chi connectivity index (χ1) is 12.3. The Hall–Kier alpha value is -2.16. The summed E-state index contributed by atoms with van der Waals surface area (Å²) in [6.45, 7) is 6.00. The largest absolute Gasteiger partial charge is 0.480 e. The minimum atomic E-state index is -1.04. The van der Waals surface area contributed by atoms with E-state index in [0.29, 0.717) is 25.8 Å². The molecule has 2 aliphatic rings. The van der Waals surface area contributed by atoms with Crippen LogP contribution < -0.4 is 5.32 Å². The smallest absolute Gasteiger partial charge is 0.338 e. The van der Waals surface area contributed by atoms with E-state index in [1.165, 1.54) is 4.90 Å². The van der Waals surface area contributed by atoms with E-state index >= 15 is 0 Å². The molecule has 26 heavy (non-hydrogen) atoms. The molecule has 146 valence electrons. The van der Waals surface area contributed by atoms with Crippen molar-refractivity contribution in [3.05, 3.63) is 0 Å². The van der Waals surface area contributed by atoms with Crippen molar-refractivity contribution >= 4 is 23.8 Å². The highest BCUT2D eigenvalue weighted by atomic mass is 16.6. The van der Waals surface area contributed by atoms with Crippen molar-refractivity contribution in [3.63, 3.8) is 0 Å². The molecular weight excluding hydrogens is 344 g/mol. The van der Waals surface area contributed by atoms with Gasteiger partial charge in [-0.1, -0.05) is 13.8 Å². The molecule has 4 atom stereocenters. The quantitative estimate of drug-likeness (QED) is 0.452. The fourth-order valence-corrected chi connectivity index (χ4v) is 3.15. The summed E-state index contributed by atoms with van der Waals surface area (Å²) in [5.41, 5.74) is 0. The number of esters is 1. The summed E-state index contributed by atoms with van der Waals surface area (Å²) < 4.78 is 9.86. The molecule has 0 aromatic heterocycles. The Bertz CT molecular complexity index is 577. The van der Waals surface area contributed by atoms with Crippen LogP contribution in [0.1, 0.15) is 40.0 Å². The number of epoxide rings is 1. The molecule has 0 radical (unpaired) electrons. The number of rotatable bonds is 8. The number of aliphatic carboxylic acids is 1.